The van der Waals surface area contributed by atoms with E-state index in [1.165, 1.54) is 13.0 Å². The van der Waals surface area contributed by atoms with Gasteiger partial charge in [-0.15, -0.1) is 0 Å². The van der Waals surface area contributed by atoms with Gasteiger partial charge in [-0.3, -0.25) is 4.79 Å². The van der Waals surface area contributed by atoms with Gasteiger partial charge in [0.1, 0.15) is 42.3 Å². The molecule has 10 heteroatoms. The van der Waals surface area contributed by atoms with Gasteiger partial charge in [0.25, 0.3) is 0 Å². The maximum absolute atomic E-state index is 12.9. The summed E-state index contributed by atoms with van der Waals surface area (Å²) in [6.45, 7) is 1.78. The van der Waals surface area contributed by atoms with Crippen LogP contribution in [0.4, 0.5) is 0 Å². The van der Waals surface area contributed by atoms with Crippen molar-refractivity contribution in [3.63, 3.8) is 0 Å². The molecule has 0 spiro atoms. The second-order valence-corrected chi connectivity index (χ2v) is 9.93. The van der Waals surface area contributed by atoms with Crippen LogP contribution in [0.25, 0.3) is 11.0 Å². The van der Waals surface area contributed by atoms with Gasteiger partial charge in [-0.05, 0) is 23.8 Å². The summed E-state index contributed by atoms with van der Waals surface area (Å²) < 4.78 is 35.3. The molecule has 2 aliphatic heterocycles. The monoisotopic (exact) mass is 559 g/mol. The summed E-state index contributed by atoms with van der Waals surface area (Å²) in [7, 11) is 0. The average molecular weight is 560 g/mol. The number of ether oxygens (including phenoxy) is 5. The van der Waals surface area contributed by atoms with Crippen molar-refractivity contribution in [1.29, 1.82) is 0 Å². The number of carbonyl (C=O) groups excluding carboxylic acids is 1. The fourth-order valence-electron chi connectivity index (χ4n) is 4.97. The van der Waals surface area contributed by atoms with Crippen LogP contribution < -0.4 is 20.4 Å². The zero-order valence-electron chi connectivity index (χ0n) is 22.2. The first-order chi connectivity index (χ1) is 19.9. The lowest BCUT2D eigenvalue weighted by atomic mass is 9.95. The van der Waals surface area contributed by atoms with Crippen LogP contribution in [0.15, 0.2) is 94.1 Å². The Hall–Kier alpha value is -4.22. The molecular weight excluding hydrogens is 530 g/mol. The molecule has 10 nitrogen and oxygen atoms in total. The number of carbonyl (C=O) groups is 1. The largest absolute Gasteiger partial charge is 0.489 e. The second-order valence-electron chi connectivity index (χ2n) is 9.93. The van der Waals surface area contributed by atoms with Crippen molar-refractivity contribution < 1.29 is 38.0 Å². The van der Waals surface area contributed by atoms with Gasteiger partial charge < -0.3 is 38.5 Å². The normalized spacial score (nSPS) is 25.7. The summed E-state index contributed by atoms with van der Waals surface area (Å²) in [4.78, 5) is 24.9. The molecule has 0 saturated carbocycles. The van der Waals surface area contributed by atoms with E-state index in [1.54, 1.807) is 18.2 Å². The molecular formula is C31H29NO9. The molecule has 2 saturated heterocycles. The maximum atomic E-state index is 12.9. The maximum Gasteiger partial charge on any atom is 0.379 e. The zero-order valence-corrected chi connectivity index (χ0v) is 22.2. The van der Waals surface area contributed by atoms with Crippen molar-refractivity contribution in [2.24, 2.45) is 0 Å². The number of nitrogens with one attached hydrogen (secondary N) is 1. The van der Waals surface area contributed by atoms with Crippen molar-refractivity contribution in [3.05, 3.63) is 106 Å². The number of benzene rings is 3. The number of rotatable bonds is 7. The molecule has 0 bridgehead atoms. The Kier molecular flexibility index (Phi) is 7.71. The molecule has 2 fully saturated rings. The van der Waals surface area contributed by atoms with Crippen LogP contribution in [0.5, 0.6) is 11.5 Å². The Morgan fingerprint density at radius 1 is 1.00 bits per heavy atom. The number of hydrogen-bond donors (Lipinski definition) is 2. The minimum Gasteiger partial charge on any atom is -0.489 e. The smallest absolute Gasteiger partial charge is 0.379 e. The van der Waals surface area contributed by atoms with Crippen LogP contribution in [0.2, 0.25) is 0 Å². The van der Waals surface area contributed by atoms with Crippen LogP contribution in [0.3, 0.4) is 0 Å². The first-order valence-electron chi connectivity index (χ1n) is 13.3. The third kappa shape index (κ3) is 5.96. The van der Waals surface area contributed by atoms with Gasteiger partial charge in [0.2, 0.25) is 17.9 Å². The number of aliphatic hydroxyl groups excluding tert-OH is 1. The summed E-state index contributed by atoms with van der Waals surface area (Å²) in [5.41, 5.74) is 1.36. The number of fused-ring (bicyclic) bond motifs is 2. The van der Waals surface area contributed by atoms with Crippen molar-refractivity contribution in [3.8, 4) is 11.5 Å². The van der Waals surface area contributed by atoms with E-state index >= 15 is 0 Å². The molecule has 2 unspecified atom stereocenters. The van der Waals surface area contributed by atoms with Gasteiger partial charge in [-0.1, -0.05) is 60.7 Å². The van der Waals surface area contributed by atoms with E-state index in [1.807, 2.05) is 60.7 Å². The number of hydrogen-bond acceptors (Lipinski definition) is 9. The van der Waals surface area contributed by atoms with Gasteiger partial charge in [-0.25, -0.2) is 4.79 Å². The molecule has 3 aromatic carbocycles. The van der Waals surface area contributed by atoms with Crippen molar-refractivity contribution >= 4 is 16.9 Å². The highest BCUT2D eigenvalue weighted by molar-refractivity contribution is 5.79. The Bertz CT molecular complexity index is 1560. The average Bonchev–Trinajstić information content (AvgIpc) is 2.99. The predicted molar refractivity (Wildman–Crippen MR) is 146 cm³/mol. The van der Waals surface area contributed by atoms with Gasteiger partial charge >= 0.3 is 5.63 Å². The lowest BCUT2D eigenvalue weighted by Gasteiger charge is -2.47. The highest BCUT2D eigenvalue weighted by Gasteiger charge is 2.51. The zero-order chi connectivity index (χ0) is 28.3. The molecule has 0 radical (unpaired) electrons. The molecule has 1 amide bonds. The van der Waals surface area contributed by atoms with Crippen molar-refractivity contribution in [2.45, 2.75) is 50.5 Å². The molecule has 0 aliphatic carbocycles. The van der Waals surface area contributed by atoms with E-state index < -0.39 is 48.5 Å². The molecule has 3 heterocycles. The van der Waals surface area contributed by atoms with Crippen LogP contribution >= 0.6 is 0 Å². The SMILES string of the molecule is CC(=O)N[C@H]1C(Oc2cc3ccc(OCc4ccccc4)cc3oc2=O)O[C@@H]2COC(c3ccccc3)O[C@H]2[C@@H]1O. The van der Waals surface area contributed by atoms with Gasteiger partial charge in [-0.2, -0.15) is 0 Å². The number of aliphatic hydroxyl groups is 1. The molecule has 2 N–H and O–H groups in total. The Balaban J connectivity index is 1.20. The minimum absolute atomic E-state index is 0.103. The fraction of sp³-hybridized carbons (Fsp3) is 0.290. The van der Waals surface area contributed by atoms with E-state index in [4.69, 9.17) is 28.1 Å². The van der Waals surface area contributed by atoms with Gasteiger partial charge in [0, 0.05) is 23.9 Å². The van der Waals surface area contributed by atoms with E-state index in [0.717, 1.165) is 11.1 Å². The van der Waals surface area contributed by atoms with E-state index in [-0.39, 0.29) is 12.4 Å². The minimum atomic E-state index is -1.22. The van der Waals surface area contributed by atoms with Crippen LogP contribution in [0, 0.1) is 0 Å². The third-order valence-electron chi connectivity index (χ3n) is 6.97. The lowest BCUT2D eigenvalue weighted by molar-refractivity contribution is -0.333. The first-order valence-corrected chi connectivity index (χ1v) is 13.3. The molecule has 1 aromatic heterocycles. The molecule has 41 heavy (non-hydrogen) atoms. The lowest BCUT2D eigenvalue weighted by Crippen LogP contribution is -2.67. The Labute approximate surface area is 235 Å². The van der Waals surface area contributed by atoms with Crippen LogP contribution in [-0.4, -0.2) is 48.3 Å². The topological polar surface area (TPSA) is 126 Å². The van der Waals surface area contributed by atoms with E-state index in [0.29, 0.717) is 23.3 Å². The quantitative estimate of drug-likeness (QED) is 0.328. The first kappa shape index (κ1) is 27.0. The van der Waals surface area contributed by atoms with E-state index in [9.17, 15) is 14.7 Å². The van der Waals surface area contributed by atoms with Crippen molar-refractivity contribution in [2.75, 3.05) is 6.61 Å². The fourth-order valence-corrected chi connectivity index (χ4v) is 4.97. The Morgan fingerprint density at radius 2 is 1.76 bits per heavy atom. The highest BCUT2D eigenvalue weighted by atomic mass is 16.7. The van der Waals surface area contributed by atoms with Crippen LogP contribution in [0.1, 0.15) is 24.3 Å². The molecule has 4 aromatic rings. The predicted octanol–water partition coefficient (Wildman–Crippen LogP) is 3.46. The summed E-state index contributed by atoms with van der Waals surface area (Å²) in [5.74, 6) is -0.00834. The van der Waals surface area contributed by atoms with Crippen molar-refractivity contribution in [1.82, 2.24) is 5.32 Å². The van der Waals surface area contributed by atoms with Crippen LogP contribution in [-0.2, 0) is 25.6 Å². The molecule has 6 atom stereocenters. The van der Waals surface area contributed by atoms with E-state index in [2.05, 4.69) is 5.32 Å². The summed E-state index contributed by atoms with van der Waals surface area (Å²) in [5, 5.41) is 14.5. The molecule has 2 aliphatic rings. The summed E-state index contributed by atoms with van der Waals surface area (Å²) in [6, 6.07) is 24.7. The summed E-state index contributed by atoms with van der Waals surface area (Å²) >= 11 is 0. The third-order valence-corrected chi connectivity index (χ3v) is 6.97. The Morgan fingerprint density at radius 3 is 2.51 bits per heavy atom. The standard InChI is InChI=1S/C31H29NO9/c1-18(33)32-26-27(34)28-25(17-37-30(41-28)20-10-6-3-7-11-20)40-31(26)39-24-14-21-12-13-22(15-23(21)38-29(24)35)36-16-19-8-4-2-5-9-19/h2-15,25-28,30-31,34H,16-17H2,1H3,(H,32,33)/t25-,26-,27-,28-,30?,31?/m1/s1. The summed E-state index contributed by atoms with van der Waals surface area (Å²) in [6.07, 6.45) is -4.66. The molecule has 6 rings (SSSR count). The van der Waals surface area contributed by atoms with Gasteiger partial charge in [0.15, 0.2) is 6.29 Å². The number of amides is 1. The van der Waals surface area contributed by atoms with Gasteiger partial charge in [0.05, 0.1) is 6.61 Å². The molecule has 212 valence electrons. The second kappa shape index (κ2) is 11.7. The highest BCUT2D eigenvalue weighted by Crippen LogP contribution is 2.35.